The molecule has 76 valence electrons. The van der Waals surface area contributed by atoms with Gasteiger partial charge in [-0.05, 0) is 32.2 Å². The Labute approximate surface area is 79.5 Å². The number of aliphatic hydroxyl groups excluding tert-OH is 1. The molecule has 2 heterocycles. The number of rotatable bonds is 0. The Balaban J connectivity index is 2.05. The molecule has 2 saturated heterocycles. The molecular weight excluding hydrogens is 166 g/mol. The van der Waals surface area contributed by atoms with Gasteiger partial charge in [0.2, 0.25) is 0 Å². The summed E-state index contributed by atoms with van der Waals surface area (Å²) < 4.78 is 5.43. The van der Waals surface area contributed by atoms with E-state index in [9.17, 15) is 5.11 Å². The molecule has 1 spiro atoms. The highest BCUT2D eigenvalue weighted by Crippen LogP contribution is 2.36. The lowest BCUT2D eigenvalue weighted by atomic mass is 9.73. The van der Waals surface area contributed by atoms with Crippen LogP contribution in [0.1, 0.15) is 25.7 Å². The first-order valence-electron chi connectivity index (χ1n) is 5.30. The van der Waals surface area contributed by atoms with Crippen molar-refractivity contribution in [2.24, 2.45) is 5.41 Å². The molecule has 2 fully saturated rings. The number of ether oxygens (including phenoxy) is 1. The van der Waals surface area contributed by atoms with Crippen LogP contribution in [0.2, 0.25) is 0 Å². The topological polar surface area (TPSA) is 41.5 Å². The Morgan fingerprint density at radius 3 is 3.08 bits per heavy atom. The molecule has 2 unspecified atom stereocenters. The van der Waals surface area contributed by atoms with Crippen LogP contribution in [-0.2, 0) is 4.74 Å². The monoisotopic (exact) mass is 185 g/mol. The Morgan fingerprint density at radius 1 is 1.31 bits per heavy atom. The lowest BCUT2D eigenvalue weighted by Gasteiger charge is -2.41. The fourth-order valence-corrected chi connectivity index (χ4v) is 2.54. The van der Waals surface area contributed by atoms with Crippen molar-refractivity contribution in [2.75, 3.05) is 26.3 Å². The fraction of sp³-hybridized carbons (Fsp3) is 1.00. The highest BCUT2D eigenvalue weighted by Gasteiger charge is 2.39. The summed E-state index contributed by atoms with van der Waals surface area (Å²) in [6.07, 6.45) is 4.01. The normalized spacial score (nSPS) is 41.8. The van der Waals surface area contributed by atoms with E-state index in [1.165, 1.54) is 0 Å². The Kier molecular flexibility index (Phi) is 2.86. The first kappa shape index (κ1) is 9.44. The Hall–Kier alpha value is -0.120. The largest absolute Gasteiger partial charge is 0.392 e. The molecule has 2 N–H and O–H groups in total. The van der Waals surface area contributed by atoms with Crippen LogP contribution < -0.4 is 5.32 Å². The second kappa shape index (κ2) is 3.95. The van der Waals surface area contributed by atoms with Crippen LogP contribution in [0.4, 0.5) is 0 Å². The van der Waals surface area contributed by atoms with E-state index in [2.05, 4.69) is 5.32 Å². The third-order valence-corrected chi connectivity index (χ3v) is 3.49. The molecule has 0 aromatic carbocycles. The van der Waals surface area contributed by atoms with E-state index in [1.807, 2.05) is 0 Å². The molecule has 2 atom stereocenters. The summed E-state index contributed by atoms with van der Waals surface area (Å²) in [6.45, 7) is 3.62. The average molecular weight is 185 g/mol. The predicted molar refractivity (Wildman–Crippen MR) is 50.6 cm³/mol. The first-order valence-corrected chi connectivity index (χ1v) is 5.30. The standard InChI is InChI=1S/C10H19NO2/c12-9-2-5-11-8-10(9)3-1-6-13-7-4-10/h9,11-12H,1-8H2. The number of nitrogens with one attached hydrogen (secondary N) is 1. The van der Waals surface area contributed by atoms with Crippen molar-refractivity contribution >= 4 is 0 Å². The van der Waals surface area contributed by atoms with Crippen molar-refractivity contribution in [3.63, 3.8) is 0 Å². The molecule has 0 aliphatic carbocycles. The molecule has 3 heteroatoms. The van der Waals surface area contributed by atoms with Crippen molar-refractivity contribution in [3.8, 4) is 0 Å². The van der Waals surface area contributed by atoms with Gasteiger partial charge in [0.1, 0.15) is 0 Å². The molecule has 13 heavy (non-hydrogen) atoms. The van der Waals surface area contributed by atoms with Crippen LogP contribution >= 0.6 is 0 Å². The molecule has 0 amide bonds. The van der Waals surface area contributed by atoms with E-state index >= 15 is 0 Å². The lowest BCUT2D eigenvalue weighted by molar-refractivity contribution is -0.0147. The van der Waals surface area contributed by atoms with Crippen LogP contribution in [0.5, 0.6) is 0 Å². The molecular formula is C10H19NO2. The maximum atomic E-state index is 10.0. The summed E-state index contributed by atoms with van der Waals surface area (Å²) in [5, 5.41) is 13.4. The Bertz CT molecular complexity index is 164. The molecule has 0 bridgehead atoms. The minimum absolute atomic E-state index is 0.115. The third kappa shape index (κ3) is 1.87. The molecule has 2 rings (SSSR count). The van der Waals surface area contributed by atoms with Crippen molar-refractivity contribution in [3.05, 3.63) is 0 Å². The van der Waals surface area contributed by atoms with Gasteiger partial charge in [-0.3, -0.25) is 0 Å². The maximum Gasteiger partial charge on any atom is 0.0621 e. The van der Waals surface area contributed by atoms with Gasteiger partial charge in [0.25, 0.3) is 0 Å². The summed E-state index contributed by atoms with van der Waals surface area (Å²) in [4.78, 5) is 0. The highest BCUT2D eigenvalue weighted by atomic mass is 16.5. The lowest BCUT2D eigenvalue weighted by Crippen LogP contribution is -2.50. The average Bonchev–Trinajstić information content (AvgIpc) is 2.37. The van der Waals surface area contributed by atoms with E-state index in [0.29, 0.717) is 0 Å². The van der Waals surface area contributed by atoms with Gasteiger partial charge in [0.05, 0.1) is 6.10 Å². The number of hydrogen-bond donors (Lipinski definition) is 2. The molecule has 2 aliphatic rings. The van der Waals surface area contributed by atoms with Gasteiger partial charge in [0.15, 0.2) is 0 Å². The zero-order valence-electron chi connectivity index (χ0n) is 8.09. The van der Waals surface area contributed by atoms with Crippen LogP contribution in [0.25, 0.3) is 0 Å². The van der Waals surface area contributed by atoms with Crippen molar-refractivity contribution in [2.45, 2.75) is 31.8 Å². The van der Waals surface area contributed by atoms with Crippen LogP contribution in [-0.4, -0.2) is 37.5 Å². The van der Waals surface area contributed by atoms with Crippen LogP contribution in [0.15, 0.2) is 0 Å². The quantitative estimate of drug-likeness (QED) is 0.578. The number of aliphatic hydroxyl groups is 1. The van der Waals surface area contributed by atoms with Crippen molar-refractivity contribution < 1.29 is 9.84 Å². The minimum Gasteiger partial charge on any atom is -0.392 e. The summed E-state index contributed by atoms with van der Waals surface area (Å²) in [6, 6.07) is 0. The van der Waals surface area contributed by atoms with E-state index < -0.39 is 0 Å². The molecule has 3 nitrogen and oxygen atoms in total. The Morgan fingerprint density at radius 2 is 2.23 bits per heavy atom. The van der Waals surface area contributed by atoms with Gasteiger partial charge in [-0.15, -0.1) is 0 Å². The van der Waals surface area contributed by atoms with Crippen LogP contribution in [0, 0.1) is 5.41 Å². The van der Waals surface area contributed by atoms with E-state index in [1.54, 1.807) is 0 Å². The zero-order chi connectivity index (χ0) is 9.15. The van der Waals surface area contributed by atoms with Gasteiger partial charge in [-0.2, -0.15) is 0 Å². The van der Waals surface area contributed by atoms with Gasteiger partial charge < -0.3 is 15.2 Å². The third-order valence-electron chi connectivity index (χ3n) is 3.49. The number of hydrogen-bond acceptors (Lipinski definition) is 3. The molecule has 0 radical (unpaired) electrons. The number of piperidine rings is 1. The summed E-state index contributed by atoms with van der Waals surface area (Å²) in [7, 11) is 0. The van der Waals surface area contributed by atoms with Gasteiger partial charge in [-0.1, -0.05) is 0 Å². The summed E-state index contributed by atoms with van der Waals surface area (Å²) in [5.41, 5.74) is 0.120. The second-order valence-electron chi connectivity index (χ2n) is 4.31. The van der Waals surface area contributed by atoms with Gasteiger partial charge in [0, 0.05) is 25.2 Å². The summed E-state index contributed by atoms with van der Waals surface area (Å²) >= 11 is 0. The molecule has 0 saturated carbocycles. The SMILES string of the molecule is OC1CCNCC12CCCOCC2. The maximum absolute atomic E-state index is 10.0. The van der Waals surface area contributed by atoms with Gasteiger partial charge in [-0.25, -0.2) is 0 Å². The van der Waals surface area contributed by atoms with E-state index in [-0.39, 0.29) is 11.5 Å². The first-order chi connectivity index (χ1) is 6.33. The zero-order valence-corrected chi connectivity index (χ0v) is 8.09. The minimum atomic E-state index is -0.115. The van der Waals surface area contributed by atoms with E-state index in [4.69, 9.17) is 4.74 Å². The van der Waals surface area contributed by atoms with Crippen molar-refractivity contribution in [1.82, 2.24) is 5.32 Å². The van der Waals surface area contributed by atoms with E-state index in [0.717, 1.165) is 52.0 Å². The second-order valence-corrected chi connectivity index (χ2v) is 4.31. The molecule has 0 aromatic heterocycles. The highest BCUT2D eigenvalue weighted by molar-refractivity contribution is 4.92. The van der Waals surface area contributed by atoms with Gasteiger partial charge >= 0.3 is 0 Å². The fourth-order valence-electron chi connectivity index (χ4n) is 2.54. The summed E-state index contributed by atoms with van der Waals surface area (Å²) in [5.74, 6) is 0. The molecule has 2 aliphatic heterocycles. The van der Waals surface area contributed by atoms with Crippen LogP contribution in [0.3, 0.4) is 0 Å². The smallest absolute Gasteiger partial charge is 0.0621 e. The molecule has 0 aromatic rings. The van der Waals surface area contributed by atoms with Crippen molar-refractivity contribution in [1.29, 1.82) is 0 Å². The predicted octanol–water partition coefficient (Wildman–Crippen LogP) is 0.527.